The SMILES string of the molecule is O=C(O)C(O)c1cccc(C(F)F)c1. The summed E-state index contributed by atoms with van der Waals surface area (Å²) in [5, 5.41) is 17.5. The molecule has 0 heterocycles. The molecular weight excluding hydrogens is 194 g/mol. The Bertz CT molecular complexity index is 339. The van der Waals surface area contributed by atoms with E-state index < -0.39 is 18.5 Å². The Balaban J connectivity index is 2.99. The fourth-order valence-electron chi connectivity index (χ4n) is 1.01. The Kier molecular flexibility index (Phi) is 3.14. The van der Waals surface area contributed by atoms with Crippen LogP contribution in [0.15, 0.2) is 24.3 Å². The van der Waals surface area contributed by atoms with E-state index in [1.165, 1.54) is 18.2 Å². The number of carboxylic acids is 1. The van der Waals surface area contributed by atoms with Crippen molar-refractivity contribution in [2.45, 2.75) is 12.5 Å². The number of aliphatic hydroxyl groups excluding tert-OH is 1. The first-order valence-electron chi connectivity index (χ1n) is 3.81. The molecule has 1 unspecified atom stereocenters. The molecule has 14 heavy (non-hydrogen) atoms. The number of aliphatic hydroxyl groups is 1. The van der Waals surface area contributed by atoms with Gasteiger partial charge < -0.3 is 10.2 Å². The van der Waals surface area contributed by atoms with E-state index in [9.17, 15) is 13.6 Å². The molecule has 1 rings (SSSR count). The maximum atomic E-state index is 12.2. The lowest BCUT2D eigenvalue weighted by Crippen LogP contribution is -2.10. The zero-order chi connectivity index (χ0) is 10.7. The van der Waals surface area contributed by atoms with Crippen molar-refractivity contribution < 1.29 is 23.8 Å². The lowest BCUT2D eigenvalue weighted by atomic mass is 10.1. The quantitative estimate of drug-likeness (QED) is 0.784. The second-order valence-corrected chi connectivity index (χ2v) is 2.71. The maximum Gasteiger partial charge on any atom is 0.337 e. The van der Waals surface area contributed by atoms with Crippen molar-refractivity contribution in [1.82, 2.24) is 0 Å². The summed E-state index contributed by atoms with van der Waals surface area (Å²) >= 11 is 0. The molecule has 0 aromatic heterocycles. The molecule has 0 aliphatic rings. The highest BCUT2D eigenvalue weighted by atomic mass is 19.3. The Hall–Kier alpha value is -1.49. The van der Waals surface area contributed by atoms with Gasteiger partial charge in [-0.15, -0.1) is 0 Å². The van der Waals surface area contributed by atoms with Gasteiger partial charge in [0.05, 0.1) is 0 Å². The van der Waals surface area contributed by atoms with Crippen LogP contribution in [0.3, 0.4) is 0 Å². The number of aliphatic carboxylic acids is 1. The fraction of sp³-hybridized carbons (Fsp3) is 0.222. The summed E-state index contributed by atoms with van der Waals surface area (Å²) < 4.78 is 24.4. The van der Waals surface area contributed by atoms with E-state index in [1.54, 1.807) is 0 Å². The second kappa shape index (κ2) is 4.15. The third kappa shape index (κ3) is 2.26. The van der Waals surface area contributed by atoms with Crippen LogP contribution in [-0.4, -0.2) is 16.2 Å². The Morgan fingerprint density at radius 3 is 2.36 bits per heavy atom. The van der Waals surface area contributed by atoms with Gasteiger partial charge in [0.15, 0.2) is 6.10 Å². The van der Waals surface area contributed by atoms with Crippen molar-refractivity contribution in [3.05, 3.63) is 35.4 Å². The molecule has 1 atom stereocenters. The summed E-state index contributed by atoms with van der Waals surface area (Å²) in [6.07, 6.45) is -4.43. The van der Waals surface area contributed by atoms with Crippen molar-refractivity contribution in [3.8, 4) is 0 Å². The summed E-state index contributed by atoms with van der Waals surface area (Å²) in [7, 11) is 0. The minimum absolute atomic E-state index is 0.0460. The van der Waals surface area contributed by atoms with Gasteiger partial charge in [0.1, 0.15) is 0 Å². The number of hydrogen-bond donors (Lipinski definition) is 2. The summed E-state index contributed by atoms with van der Waals surface area (Å²) in [5.74, 6) is -1.46. The number of carbonyl (C=O) groups is 1. The number of halogens is 2. The lowest BCUT2D eigenvalue weighted by molar-refractivity contribution is -0.146. The lowest BCUT2D eigenvalue weighted by Gasteiger charge is -2.07. The van der Waals surface area contributed by atoms with Gasteiger partial charge in [-0.1, -0.05) is 18.2 Å². The largest absolute Gasteiger partial charge is 0.479 e. The molecule has 0 aliphatic carbocycles. The molecular formula is C9H8F2O3. The Labute approximate surface area is 78.6 Å². The average Bonchev–Trinajstić information content (AvgIpc) is 2.16. The minimum atomic E-state index is -2.67. The third-order valence-corrected chi connectivity index (χ3v) is 1.71. The van der Waals surface area contributed by atoms with E-state index in [1.807, 2.05) is 0 Å². The van der Waals surface area contributed by atoms with Gasteiger partial charge in [0, 0.05) is 5.56 Å². The van der Waals surface area contributed by atoms with E-state index in [4.69, 9.17) is 10.2 Å². The molecule has 5 heteroatoms. The van der Waals surface area contributed by atoms with Crippen molar-refractivity contribution in [3.63, 3.8) is 0 Å². The van der Waals surface area contributed by atoms with E-state index in [2.05, 4.69) is 0 Å². The number of hydrogen-bond acceptors (Lipinski definition) is 2. The Morgan fingerprint density at radius 1 is 1.29 bits per heavy atom. The van der Waals surface area contributed by atoms with Gasteiger partial charge in [-0.25, -0.2) is 13.6 Å². The molecule has 0 saturated carbocycles. The van der Waals surface area contributed by atoms with Crippen LogP contribution in [0.5, 0.6) is 0 Å². The molecule has 0 bridgehead atoms. The van der Waals surface area contributed by atoms with E-state index in [0.29, 0.717) is 0 Å². The van der Waals surface area contributed by atoms with Gasteiger partial charge in [-0.05, 0) is 11.6 Å². The minimum Gasteiger partial charge on any atom is -0.479 e. The molecule has 1 aromatic carbocycles. The zero-order valence-corrected chi connectivity index (χ0v) is 7.02. The summed E-state index contributed by atoms with van der Waals surface area (Å²) in [5.41, 5.74) is -0.349. The van der Waals surface area contributed by atoms with Gasteiger partial charge in [-0.3, -0.25) is 0 Å². The average molecular weight is 202 g/mol. The van der Waals surface area contributed by atoms with Crippen LogP contribution >= 0.6 is 0 Å². The molecule has 1 aromatic rings. The highest BCUT2D eigenvalue weighted by Crippen LogP contribution is 2.22. The van der Waals surface area contributed by atoms with Gasteiger partial charge in [-0.2, -0.15) is 0 Å². The normalized spacial score (nSPS) is 12.9. The highest BCUT2D eigenvalue weighted by molar-refractivity contribution is 5.74. The third-order valence-electron chi connectivity index (χ3n) is 1.71. The van der Waals surface area contributed by atoms with Crippen LogP contribution in [0.2, 0.25) is 0 Å². The van der Waals surface area contributed by atoms with Crippen molar-refractivity contribution in [2.75, 3.05) is 0 Å². The van der Waals surface area contributed by atoms with Gasteiger partial charge in [0.2, 0.25) is 0 Å². The summed E-state index contributed by atoms with van der Waals surface area (Å²) in [6, 6.07) is 4.71. The first kappa shape index (κ1) is 10.6. The fourth-order valence-corrected chi connectivity index (χ4v) is 1.01. The van der Waals surface area contributed by atoms with Crippen molar-refractivity contribution in [1.29, 1.82) is 0 Å². The zero-order valence-electron chi connectivity index (χ0n) is 7.02. The molecule has 0 fully saturated rings. The van der Waals surface area contributed by atoms with E-state index in [-0.39, 0.29) is 11.1 Å². The van der Waals surface area contributed by atoms with Gasteiger partial charge in [0.25, 0.3) is 6.43 Å². The van der Waals surface area contributed by atoms with Crippen LogP contribution in [0.4, 0.5) is 8.78 Å². The monoisotopic (exact) mass is 202 g/mol. The van der Waals surface area contributed by atoms with E-state index in [0.717, 1.165) is 6.07 Å². The predicted molar refractivity (Wildman–Crippen MR) is 44.0 cm³/mol. The molecule has 0 spiro atoms. The number of alkyl halides is 2. The smallest absolute Gasteiger partial charge is 0.337 e. The molecule has 0 saturated heterocycles. The standard InChI is InChI=1S/C9H8F2O3/c10-8(11)6-3-1-2-5(4-6)7(12)9(13)14/h1-4,7-8,12H,(H,13,14). The molecule has 76 valence electrons. The topological polar surface area (TPSA) is 57.5 Å². The second-order valence-electron chi connectivity index (χ2n) is 2.71. The first-order valence-corrected chi connectivity index (χ1v) is 3.81. The summed E-state index contributed by atoms with van der Waals surface area (Å²) in [4.78, 5) is 10.3. The van der Waals surface area contributed by atoms with Crippen LogP contribution in [0.1, 0.15) is 23.7 Å². The van der Waals surface area contributed by atoms with Crippen LogP contribution in [0, 0.1) is 0 Å². The number of rotatable bonds is 3. The molecule has 3 nitrogen and oxygen atoms in total. The first-order chi connectivity index (χ1) is 6.52. The predicted octanol–water partition coefficient (Wildman–Crippen LogP) is 1.74. The van der Waals surface area contributed by atoms with Crippen LogP contribution in [-0.2, 0) is 4.79 Å². The van der Waals surface area contributed by atoms with Crippen molar-refractivity contribution >= 4 is 5.97 Å². The maximum absolute atomic E-state index is 12.2. The van der Waals surface area contributed by atoms with Crippen LogP contribution in [0.25, 0.3) is 0 Å². The molecule has 0 radical (unpaired) electrons. The summed E-state index contributed by atoms with van der Waals surface area (Å²) in [6.45, 7) is 0. The highest BCUT2D eigenvalue weighted by Gasteiger charge is 2.17. The van der Waals surface area contributed by atoms with Gasteiger partial charge >= 0.3 is 5.97 Å². The molecule has 0 amide bonds. The van der Waals surface area contributed by atoms with Crippen LogP contribution < -0.4 is 0 Å². The number of carboxylic acid groups (broad SMARTS) is 1. The van der Waals surface area contributed by atoms with Crippen molar-refractivity contribution in [2.24, 2.45) is 0 Å². The Morgan fingerprint density at radius 2 is 1.86 bits per heavy atom. The molecule has 0 aliphatic heterocycles. The number of benzene rings is 1. The van der Waals surface area contributed by atoms with E-state index >= 15 is 0 Å². The molecule has 2 N–H and O–H groups in total.